The number of nitrogen functional groups attached to an aromatic ring is 1. The van der Waals surface area contributed by atoms with Crippen molar-refractivity contribution in [2.24, 2.45) is 5.73 Å². The second-order valence-corrected chi connectivity index (χ2v) is 4.12. The van der Waals surface area contributed by atoms with Gasteiger partial charge in [-0.2, -0.15) is 0 Å². The van der Waals surface area contributed by atoms with Crippen molar-refractivity contribution in [2.75, 3.05) is 33.5 Å². The van der Waals surface area contributed by atoms with E-state index >= 15 is 0 Å². The molecule has 0 aromatic heterocycles. The Kier molecular flexibility index (Phi) is 7.81. The average molecular weight is 266 g/mol. The zero-order chi connectivity index (χ0) is 13.9. The minimum absolute atomic E-state index is 0.0840. The zero-order valence-corrected chi connectivity index (χ0v) is 11.4. The molecule has 0 aliphatic rings. The molecule has 0 atom stereocenters. The van der Waals surface area contributed by atoms with Gasteiger partial charge in [0.2, 0.25) is 0 Å². The van der Waals surface area contributed by atoms with Gasteiger partial charge in [-0.05, 0) is 12.0 Å². The van der Waals surface area contributed by atoms with Crippen molar-refractivity contribution in [3.05, 3.63) is 35.4 Å². The zero-order valence-electron chi connectivity index (χ0n) is 11.4. The summed E-state index contributed by atoms with van der Waals surface area (Å²) >= 11 is 0. The standard InChI is InChI=1S/C14H22N2O3/c1-17-9-10-18-7-2-8-19-11-12-3-5-13(6-4-12)14(15)16/h3-6H,2,7-11H2,1H3,(H3,15,16). The van der Waals surface area contributed by atoms with Gasteiger partial charge in [0.15, 0.2) is 0 Å². The molecule has 0 heterocycles. The molecule has 1 aromatic rings. The lowest BCUT2D eigenvalue weighted by Gasteiger charge is -2.06. The van der Waals surface area contributed by atoms with Crippen LogP contribution in [0.15, 0.2) is 24.3 Å². The molecular formula is C14H22N2O3. The van der Waals surface area contributed by atoms with Gasteiger partial charge in [-0.25, -0.2) is 0 Å². The second kappa shape index (κ2) is 9.49. The van der Waals surface area contributed by atoms with Crippen LogP contribution >= 0.6 is 0 Å². The topological polar surface area (TPSA) is 77.6 Å². The van der Waals surface area contributed by atoms with Gasteiger partial charge in [-0.15, -0.1) is 0 Å². The molecule has 0 radical (unpaired) electrons. The van der Waals surface area contributed by atoms with Gasteiger partial charge < -0.3 is 19.9 Å². The molecule has 19 heavy (non-hydrogen) atoms. The van der Waals surface area contributed by atoms with Crippen LogP contribution in [-0.4, -0.2) is 39.4 Å². The van der Waals surface area contributed by atoms with Crippen LogP contribution in [-0.2, 0) is 20.8 Å². The Morgan fingerprint density at radius 3 is 2.37 bits per heavy atom. The van der Waals surface area contributed by atoms with E-state index in [0.717, 1.165) is 17.5 Å². The van der Waals surface area contributed by atoms with Crippen molar-refractivity contribution in [3.63, 3.8) is 0 Å². The highest BCUT2D eigenvalue weighted by atomic mass is 16.5. The van der Waals surface area contributed by atoms with Crippen molar-refractivity contribution >= 4 is 5.84 Å². The lowest BCUT2D eigenvalue weighted by molar-refractivity contribution is 0.0483. The Morgan fingerprint density at radius 1 is 1.05 bits per heavy atom. The van der Waals surface area contributed by atoms with E-state index in [2.05, 4.69) is 0 Å². The number of ether oxygens (including phenoxy) is 3. The Balaban J connectivity index is 2.07. The van der Waals surface area contributed by atoms with Crippen molar-refractivity contribution in [1.82, 2.24) is 0 Å². The first kappa shape index (κ1) is 15.6. The van der Waals surface area contributed by atoms with Gasteiger partial charge in [0.25, 0.3) is 0 Å². The fourth-order valence-electron chi connectivity index (χ4n) is 1.48. The van der Waals surface area contributed by atoms with Crippen LogP contribution < -0.4 is 5.73 Å². The smallest absolute Gasteiger partial charge is 0.122 e. The number of rotatable bonds is 10. The molecule has 0 fully saturated rings. The maximum absolute atomic E-state index is 7.29. The van der Waals surface area contributed by atoms with Gasteiger partial charge in [-0.3, -0.25) is 5.41 Å². The minimum atomic E-state index is 0.0840. The summed E-state index contributed by atoms with van der Waals surface area (Å²) < 4.78 is 15.7. The SMILES string of the molecule is COCCOCCCOCc1ccc(C(=N)N)cc1. The van der Waals surface area contributed by atoms with Gasteiger partial charge in [0.05, 0.1) is 19.8 Å². The highest BCUT2D eigenvalue weighted by molar-refractivity contribution is 5.94. The third-order valence-corrected chi connectivity index (χ3v) is 2.54. The molecule has 5 nitrogen and oxygen atoms in total. The molecule has 3 N–H and O–H groups in total. The molecule has 0 amide bonds. The fraction of sp³-hybridized carbons (Fsp3) is 0.500. The Labute approximate surface area is 114 Å². The summed E-state index contributed by atoms with van der Waals surface area (Å²) in [6.07, 6.45) is 0.870. The van der Waals surface area contributed by atoms with Crippen molar-refractivity contribution in [3.8, 4) is 0 Å². The summed E-state index contributed by atoms with van der Waals surface area (Å²) in [4.78, 5) is 0. The molecule has 0 saturated heterocycles. The Hall–Kier alpha value is -1.43. The van der Waals surface area contributed by atoms with Crippen molar-refractivity contribution in [1.29, 1.82) is 5.41 Å². The van der Waals surface area contributed by atoms with Gasteiger partial charge >= 0.3 is 0 Å². The Bertz CT molecular complexity index is 365. The molecule has 106 valence electrons. The highest BCUT2D eigenvalue weighted by Crippen LogP contribution is 2.05. The van der Waals surface area contributed by atoms with E-state index < -0.39 is 0 Å². The van der Waals surface area contributed by atoms with E-state index in [0.29, 0.717) is 33.0 Å². The van der Waals surface area contributed by atoms with Gasteiger partial charge in [0, 0.05) is 25.9 Å². The van der Waals surface area contributed by atoms with E-state index in [1.165, 1.54) is 0 Å². The number of benzene rings is 1. The summed E-state index contributed by atoms with van der Waals surface area (Å²) in [6, 6.07) is 7.50. The van der Waals surface area contributed by atoms with E-state index in [-0.39, 0.29) is 5.84 Å². The normalized spacial score (nSPS) is 10.6. The first-order chi connectivity index (χ1) is 9.24. The molecule has 0 unspecified atom stereocenters. The molecule has 1 aromatic carbocycles. The number of hydrogen-bond acceptors (Lipinski definition) is 4. The number of methoxy groups -OCH3 is 1. The first-order valence-electron chi connectivity index (χ1n) is 6.32. The summed E-state index contributed by atoms with van der Waals surface area (Å²) in [5, 5.41) is 7.29. The monoisotopic (exact) mass is 266 g/mol. The summed E-state index contributed by atoms with van der Waals surface area (Å²) in [5.74, 6) is 0.0840. The van der Waals surface area contributed by atoms with E-state index in [4.69, 9.17) is 25.4 Å². The molecule has 0 saturated carbocycles. The van der Waals surface area contributed by atoms with Crippen LogP contribution in [0.4, 0.5) is 0 Å². The van der Waals surface area contributed by atoms with Gasteiger partial charge in [0.1, 0.15) is 5.84 Å². The minimum Gasteiger partial charge on any atom is -0.384 e. The Morgan fingerprint density at radius 2 is 1.74 bits per heavy atom. The quantitative estimate of drug-likeness (QED) is 0.382. The highest BCUT2D eigenvalue weighted by Gasteiger charge is 1.97. The molecule has 0 spiro atoms. The predicted octanol–water partition coefficient (Wildman–Crippen LogP) is 1.54. The van der Waals surface area contributed by atoms with E-state index in [1.807, 2.05) is 24.3 Å². The molecular weight excluding hydrogens is 244 g/mol. The largest absolute Gasteiger partial charge is 0.384 e. The molecule has 1 rings (SSSR count). The summed E-state index contributed by atoms with van der Waals surface area (Å²) in [6.45, 7) is 3.18. The maximum atomic E-state index is 7.29. The van der Waals surface area contributed by atoms with E-state index in [9.17, 15) is 0 Å². The average Bonchev–Trinajstić information content (AvgIpc) is 2.42. The van der Waals surface area contributed by atoms with Crippen molar-refractivity contribution in [2.45, 2.75) is 13.0 Å². The first-order valence-corrected chi connectivity index (χ1v) is 6.32. The predicted molar refractivity (Wildman–Crippen MR) is 74.4 cm³/mol. The third kappa shape index (κ3) is 6.91. The van der Waals surface area contributed by atoms with Crippen LogP contribution in [0.2, 0.25) is 0 Å². The summed E-state index contributed by atoms with van der Waals surface area (Å²) in [7, 11) is 1.66. The number of amidine groups is 1. The number of nitrogens with two attached hydrogens (primary N) is 1. The van der Waals surface area contributed by atoms with Crippen LogP contribution in [0, 0.1) is 5.41 Å². The molecule has 5 heteroatoms. The summed E-state index contributed by atoms with van der Waals surface area (Å²) in [5.41, 5.74) is 7.19. The van der Waals surface area contributed by atoms with Crippen LogP contribution in [0.1, 0.15) is 17.5 Å². The van der Waals surface area contributed by atoms with Crippen LogP contribution in [0.5, 0.6) is 0 Å². The number of nitrogens with one attached hydrogen (secondary N) is 1. The van der Waals surface area contributed by atoms with E-state index in [1.54, 1.807) is 7.11 Å². The third-order valence-electron chi connectivity index (χ3n) is 2.54. The number of hydrogen-bond donors (Lipinski definition) is 2. The van der Waals surface area contributed by atoms with Gasteiger partial charge in [-0.1, -0.05) is 24.3 Å². The lowest BCUT2D eigenvalue weighted by Crippen LogP contribution is -2.10. The van der Waals surface area contributed by atoms with Crippen LogP contribution in [0.3, 0.4) is 0 Å². The molecule has 0 aliphatic heterocycles. The van der Waals surface area contributed by atoms with Crippen LogP contribution in [0.25, 0.3) is 0 Å². The molecule has 0 aliphatic carbocycles. The fourth-order valence-corrected chi connectivity index (χ4v) is 1.48. The maximum Gasteiger partial charge on any atom is 0.122 e. The molecule has 0 bridgehead atoms. The lowest BCUT2D eigenvalue weighted by atomic mass is 10.1. The van der Waals surface area contributed by atoms with Crippen molar-refractivity contribution < 1.29 is 14.2 Å². The second-order valence-electron chi connectivity index (χ2n) is 4.12.